The second-order valence-corrected chi connectivity index (χ2v) is 5.74. The fourth-order valence-corrected chi connectivity index (χ4v) is 2.92. The Bertz CT molecular complexity index is 366. The minimum absolute atomic E-state index is 0.491. The molecule has 0 amide bonds. The Kier molecular flexibility index (Phi) is 5.34. The van der Waals surface area contributed by atoms with E-state index in [1.54, 1.807) is 0 Å². The van der Waals surface area contributed by atoms with E-state index in [9.17, 15) is 0 Å². The third kappa shape index (κ3) is 4.02. The maximum absolute atomic E-state index is 4.12. The second-order valence-electron chi connectivity index (χ2n) is 5.74. The highest BCUT2D eigenvalue weighted by molar-refractivity contribution is 5.14. The zero-order chi connectivity index (χ0) is 13.7. The Labute approximate surface area is 117 Å². The van der Waals surface area contributed by atoms with Crippen LogP contribution in [0, 0.1) is 0 Å². The van der Waals surface area contributed by atoms with Crippen LogP contribution >= 0.6 is 0 Å². The van der Waals surface area contributed by atoms with Crippen LogP contribution in [0.15, 0.2) is 24.5 Å². The van der Waals surface area contributed by atoms with Gasteiger partial charge in [0.25, 0.3) is 0 Å². The van der Waals surface area contributed by atoms with E-state index >= 15 is 0 Å². The Balaban J connectivity index is 2.02. The number of nitrogens with one attached hydrogen (secondary N) is 1. The molecule has 106 valence electrons. The van der Waals surface area contributed by atoms with Gasteiger partial charge in [0.15, 0.2) is 0 Å². The van der Waals surface area contributed by atoms with Crippen molar-refractivity contribution in [2.75, 3.05) is 13.1 Å². The van der Waals surface area contributed by atoms with Gasteiger partial charge in [0.05, 0.1) is 0 Å². The zero-order valence-electron chi connectivity index (χ0n) is 12.5. The van der Waals surface area contributed by atoms with Gasteiger partial charge in [-0.05, 0) is 50.8 Å². The van der Waals surface area contributed by atoms with Crippen LogP contribution in [-0.2, 0) is 0 Å². The van der Waals surface area contributed by atoms with Crippen LogP contribution < -0.4 is 5.32 Å². The van der Waals surface area contributed by atoms with Gasteiger partial charge in [0, 0.05) is 43.6 Å². The van der Waals surface area contributed by atoms with Crippen molar-refractivity contribution in [1.82, 2.24) is 15.2 Å². The van der Waals surface area contributed by atoms with Crippen molar-refractivity contribution >= 4 is 0 Å². The summed E-state index contributed by atoms with van der Waals surface area (Å²) in [5.74, 6) is 0. The quantitative estimate of drug-likeness (QED) is 0.906. The molecule has 1 aromatic rings. The normalized spacial score (nSPS) is 27.5. The highest BCUT2D eigenvalue weighted by atomic mass is 15.2. The molecule has 0 spiro atoms. The maximum Gasteiger partial charge on any atom is 0.0321 e. The van der Waals surface area contributed by atoms with E-state index in [2.05, 4.69) is 48.1 Å². The number of hydrogen-bond acceptors (Lipinski definition) is 3. The molecule has 1 aliphatic rings. The van der Waals surface area contributed by atoms with Gasteiger partial charge in [0.1, 0.15) is 0 Å². The van der Waals surface area contributed by atoms with Crippen LogP contribution in [0.4, 0.5) is 0 Å². The van der Waals surface area contributed by atoms with E-state index in [-0.39, 0.29) is 0 Å². The Morgan fingerprint density at radius 1 is 1.32 bits per heavy atom. The van der Waals surface area contributed by atoms with Crippen LogP contribution in [0.1, 0.15) is 51.6 Å². The lowest BCUT2D eigenvalue weighted by molar-refractivity contribution is 0.168. The van der Waals surface area contributed by atoms with Crippen LogP contribution in [0.3, 0.4) is 0 Å². The minimum Gasteiger partial charge on any atom is -0.311 e. The molecule has 0 aliphatic carbocycles. The highest BCUT2D eigenvalue weighted by Crippen LogP contribution is 2.22. The molecule has 1 aromatic heterocycles. The smallest absolute Gasteiger partial charge is 0.0321 e. The van der Waals surface area contributed by atoms with Crippen molar-refractivity contribution < 1.29 is 0 Å². The lowest BCUT2D eigenvalue weighted by Gasteiger charge is -2.35. The second kappa shape index (κ2) is 7.01. The first kappa shape index (κ1) is 14.5. The summed E-state index contributed by atoms with van der Waals surface area (Å²) in [5, 5.41) is 3.73. The molecule has 3 atom stereocenters. The average Bonchev–Trinajstić information content (AvgIpc) is 2.43. The van der Waals surface area contributed by atoms with E-state index in [1.165, 1.54) is 37.9 Å². The fraction of sp³-hybridized carbons (Fsp3) is 0.688. The number of aromatic nitrogens is 1. The Morgan fingerprint density at radius 2 is 2.00 bits per heavy atom. The van der Waals surface area contributed by atoms with Crippen molar-refractivity contribution in [2.24, 2.45) is 0 Å². The molecule has 0 radical (unpaired) electrons. The number of rotatable bonds is 3. The van der Waals surface area contributed by atoms with E-state index in [0.717, 1.165) is 0 Å². The van der Waals surface area contributed by atoms with Gasteiger partial charge in [-0.3, -0.25) is 9.88 Å². The first-order chi connectivity index (χ1) is 9.20. The van der Waals surface area contributed by atoms with Crippen LogP contribution in [-0.4, -0.2) is 35.1 Å². The molecule has 1 N–H and O–H groups in total. The van der Waals surface area contributed by atoms with Crippen molar-refractivity contribution in [3.8, 4) is 0 Å². The molecule has 3 nitrogen and oxygen atoms in total. The van der Waals surface area contributed by atoms with E-state index in [4.69, 9.17) is 0 Å². The number of hydrogen-bond donors (Lipinski definition) is 1. The van der Waals surface area contributed by atoms with Gasteiger partial charge >= 0.3 is 0 Å². The number of nitrogens with zero attached hydrogens (tertiary/aromatic N) is 2. The van der Waals surface area contributed by atoms with E-state index in [1.807, 2.05) is 12.4 Å². The Morgan fingerprint density at radius 3 is 2.68 bits per heavy atom. The summed E-state index contributed by atoms with van der Waals surface area (Å²) in [6.45, 7) is 9.26. The first-order valence-corrected chi connectivity index (χ1v) is 7.60. The third-order valence-electron chi connectivity index (χ3n) is 4.36. The molecule has 3 heteroatoms. The minimum atomic E-state index is 0.491. The maximum atomic E-state index is 4.12. The molecule has 3 unspecified atom stereocenters. The fourth-order valence-electron chi connectivity index (χ4n) is 2.92. The Hall–Kier alpha value is -0.930. The van der Waals surface area contributed by atoms with Crippen molar-refractivity contribution in [1.29, 1.82) is 0 Å². The summed E-state index contributed by atoms with van der Waals surface area (Å²) in [4.78, 5) is 6.74. The van der Waals surface area contributed by atoms with Crippen LogP contribution in [0.25, 0.3) is 0 Å². The average molecular weight is 261 g/mol. The van der Waals surface area contributed by atoms with Crippen molar-refractivity contribution in [3.05, 3.63) is 30.1 Å². The van der Waals surface area contributed by atoms with Gasteiger partial charge in [-0.1, -0.05) is 6.92 Å². The predicted octanol–water partition coefficient (Wildman–Crippen LogP) is 3.00. The first-order valence-electron chi connectivity index (χ1n) is 7.60. The molecule has 0 saturated carbocycles. The molecule has 0 bridgehead atoms. The molecule has 19 heavy (non-hydrogen) atoms. The van der Waals surface area contributed by atoms with Crippen molar-refractivity contribution in [2.45, 2.75) is 58.2 Å². The molecule has 2 heterocycles. The highest BCUT2D eigenvalue weighted by Gasteiger charge is 2.21. The van der Waals surface area contributed by atoms with Crippen LogP contribution in [0.5, 0.6) is 0 Å². The molecular weight excluding hydrogens is 234 g/mol. The van der Waals surface area contributed by atoms with Crippen molar-refractivity contribution in [3.63, 3.8) is 0 Å². The van der Waals surface area contributed by atoms with Gasteiger partial charge in [-0.15, -0.1) is 0 Å². The molecule has 1 fully saturated rings. The summed E-state index contributed by atoms with van der Waals surface area (Å²) >= 11 is 0. The van der Waals surface area contributed by atoms with Gasteiger partial charge in [0.2, 0.25) is 0 Å². The standard InChI is InChI=1S/C16H27N3/c1-4-16-8-12-19(11-7-13(2)18-16)14(3)15-5-9-17-10-6-15/h5-6,9-10,13-14,16,18H,4,7-8,11-12H2,1-3H3. The largest absolute Gasteiger partial charge is 0.311 e. The summed E-state index contributed by atoms with van der Waals surface area (Å²) in [5.41, 5.74) is 1.38. The molecule has 0 aromatic carbocycles. The van der Waals surface area contributed by atoms with E-state index in [0.29, 0.717) is 18.1 Å². The monoisotopic (exact) mass is 261 g/mol. The van der Waals surface area contributed by atoms with Gasteiger partial charge < -0.3 is 5.32 Å². The zero-order valence-corrected chi connectivity index (χ0v) is 12.5. The van der Waals surface area contributed by atoms with Gasteiger partial charge in [-0.2, -0.15) is 0 Å². The summed E-state index contributed by atoms with van der Waals surface area (Å²) < 4.78 is 0. The molecular formula is C16H27N3. The topological polar surface area (TPSA) is 28.2 Å². The SMILES string of the molecule is CCC1CCN(C(C)c2ccncc2)CCC(C)N1. The van der Waals surface area contributed by atoms with E-state index < -0.39 is 0 Å². The summed E-state index contributed by atoms with van der Waals surface area (Å²) in [7, 11) is 0. The lowest BCUT2D eigenvalue weighted by atomic mass is 10.0. The molecule has 1 aliphatic heterocycles. The lowest BCUT2D eigenvalue weighted by Crippen LogP contribution is -2.44. The van der Waals surface area contributed by atoms with Gasteiger partial charge in [-0.25, -0.2) is 0 Å². The molecule has 1 saturated heterocycles. The summed E-state index contributed by atoms with van der Waals surface area (Å²) in [6, 6.07) is 6.07. The van der Waals surface area contributed by atoms with Crippen LogP contribution in [0.2, 0.25) is 0 Å². The predicted molar refractivity (Wildman–Crippen MR) is 80.1 cm³/mol. The molecule has 2 rings (SSSR count). The third-order valence-corrected chi connectivity index (χ3v) is 4.36. The number of pyridine rings is 1. The summed E-state index contributed by atoms with van der Waals surface area (Å²) in [6.07, 6.45) is 7.49.